The second-order valence-electron chi connectivity index (χ2n) is 6.88. The maximum absolute atomic E-state index is 12.1. The van der Waals surface area contributed by atoms with Gasteiger partial charge in [0, 0.05) is 18.8 Å². The number of carbonyl (C=O) groups is 1. The predicted octanol–water partition coefficient (Wildman–Crippen LogP) is 3.19. The van der Waals surface area contributed by atoms with E-state index in [1.54, 1.807) is 6.33 Å². The lowest BCUT2D eigenvalue weighted by Crippen LogP contribution is -2.26. The van der Waals surface area contributed by atoms with E-state index in [0.717, 1.165) is 29.4 Å². The predicted molar refractivity (Wildman–Crippen MR) is 111 cm³/mol. The molecular weight excluding hydrogens is 372 g/mol. The van der Waals surface area contributed by atoms with E-state index in [-0.39, 0.29) is 11.9 Å². The summed E-state index contributed by atoms with van der Waals surface area (Å²) in [5.41, 5.74) is 3.28. The highest BCUT2D eigenvalue weighted by molar-refractivity contribution is 7.99. The summed E-state index contributed by atoms with van der Waals surface area (Å²) in [5.74, 6) is 0.358. The number of nitrogens with one attached hydrogen (secondary N) is 1. The van der Waals surface area contributed by atoms with Crippen molar-refractivity contribution in [3.63, 3.8) is 0 Å². The minimum Gasteiger partial charge on any atom is -0.355 e. The van der Waals surface area contributed by atoms with Crippen molar-refractivity contribution in [2.75, 3.05) is 12.3 Å². The first kappa shape index (κ1) is 20.1. The lowest BCUT2D eigenvalue weighted by molar-refractivity contribution is -0.118. The van der Waals surface area contributed by atoms with Gasteiger partial charge >= 0.3 is 0 Å². The van der Waals surface area contributed by atoms with Gasteiger partial charge in [-0.25, -0.2) is 4.68 Å². The molecule has 8 heteroatoms. The van der Waals surface area contributed by atoms with E-state index in [0.29, 0.717) is 12.3 Å². The summed E-state index contributed by atoms with van der Waals surface area (Å²) < 4.78 is 3.87. The second kappa shape index (κ2) is 9.54. The second-order valence-corrected chi connectivity index (χ2v) is 7.82. The molecule has 28 heavy (non-hydrogen) atoms. The molecule has 0 bridgehead atoms. The Labute approximate surface area is 169 Å². The number of benzene rings is 1. The number of amides is 1. The summed E-state index contributed by atoms with van der Waals surface area (Å²) in [6.07, 6.45) is 5.53. The van der Waals surface area contributed by atoms with Gasteiger partial charge in [0.2, 0.25) is 5.91 Å². The first-order chi connectivity index (χ1) is 13.5. The molecule has 3 aromatic rings. The topological polar surface area (TPSA) is 77.6 Å². The SMILES string of the molecule is Cc1nn(-c2ccccc2)cc1CCCNC(=O)CSc1nncn1C(C)C. The quantitative estimate of drug-likeness (QED) is 0.442. The molecule has 0 spiro atoms. The Morgan fingerprint density at radius 2 is 2.04 bits per heavy atom. The van der Waals surface area contributed by atoms with Crippen LogP contribution in [0.1, 0.15) is 37.6 Å². The Hall–Kier alpha value is -2.61. The lowest BCUT2D eigenvalue weighted by atomic mass is 10.1. The van der Waals surface area contributed by atoms with E-state index in [4.69, 9.17) is 0 Å². The zero-order chi connectivity index (χ0) is 19.9. The number of aromatic nitrogens is 5. The van der Waals surface area contributed by atoms with E-state index in [9.17, 15) is 4.79 Å². The zero-order valence-corrected chi connectivity index (χ0v) is 17.3. The zero-order valence-electron chi connectivity index (χ0n) is 16.5. The molecule has 0 saturated carbocycles. The molecule has 2 heterocycles. The summed E-state index contributed by atoms with van der Waals surface area (Å²) in [5, 5.41) is 16.3. The number of nitrogens with zero attached hydrogens (tertiary/aromatic N) is 5. The lowest BCUT2D eigenvalue weighted by Gasteiger charge is -2.09. The minimum absolute atomic E-state index is 0.0139. The normalized spacial score (nSPS) is 11.1. The molecule has 0 aliphatic carbocycles. The summed E-state index contributed by atoms with van der Waals surface area (Å²) in [6.45, 7) is 6.80. The molecule has 0 fully saturated rings. The largest absolute Gasteiger partial charge is 0.355 e. The molecule has 3 rings (SSSR count). The first-order valence-electron chi connectivity index (χ1n) is 9.44. The number of rotatable bonds is 9. The number of aryl methyl sites for hydroxylation is 2. The summed E-state index contributed by atoms with van der Waals surface area (Å²) in [4.78, 5) is 12.1. The van der Waals surface area contributed by atoms with Crippen molar-refractivity contribution < 1.29 is 4.79 Å². The third kappa shape index (κ3) is 5.22. The molecule has 148 valence electrons. The molecule has 7 nitrogen and oxygen atoms in total. The molecule has 1 N–H and O–H groups in total. The van der Waals surface area contributed by atoms with Crippen LogP contribution in [-0.4, -0.2) is 42.7 Å². The summed E-state index contributed by atoms with van der Waals surface area (Å²) in [7, 11) is 0. The van der Waals surface area contributed by atoms with E-state index in [1.807, 2.05) is 46.5 Å². The van der Waals surface area contributed by atoms with Crippen LogP contribution in [0.2, 0.25) is 0 Å². The fourth-order valence-corrected chi connectivity index (χ4v) is 3.71. The summed E-state index contributed by atoms with van der Waals surface area (Å²) in [6, 6.07) is 10.4. The van der Waals surface area contributed by atoms with Crippen LogP contribution in [0.5, 0.6) is 0 Å². The molecule has 0 unspecified atom stereocenters. The van der Waals surface area contributed by atoms with Crippen molar-refractivity contribution in [2.45, 2.75) is 44.8 Å². The van der Waals surface area contributed by atoms with Crippen molar-refractivity contribution in [1.29, 1.82) is 0 Å². The van der Waals surface area contributed by atoms with Gasteiger partial charge in [-0.1, -0.05) is 30.0 Å². The van der Waals surface area contributed by atoms with Gasteiger partial charge in [-0.3, -0.25) is 4.79 Å². The molecule has 0 saturated heterocycles. The van der Waals surface area contributed by atoms with E-state index in [1.165, 1.54) is 17.3 Å². The third-order valence-electron chi connectivity index (χ3n) is 4.40. The molecular formula is C20H26N6OS. The Morgan fingerprint density at radius 1 is 1.25 bits per heavy atom. The molecule has 1 amide bonds. The maximum Gasteiger partial charge on any atom is 0.230 e. The standard InChI is InChI=1S/C20H26N6OS/c1-15(2)25-14-22-23-20(25)28-13-19(27)21-11-7-8-17-12-26(24-16(17)3)18-9-5-4-6-10-18/h4-6,9-10,12,14-15H,7-8,11,13H2,1-3H3,(H,21,27). The first-order valence-corrected chi connectivity index (χ1v) is 10.4. The fraction of sp³-hybridized carbons (Fsp3) is 0.400. The van der Waals surface area contributed by atoms with Crippen LogP contribution in [0.3, 0.4) is 0 Å². The highest BCUT2D eigenvalue weighted by Gasteiger charge is 2.11. The Bertz CT molecular complexity index is 903. The average molecular weight is 399 g/mol. The van der Waals surface area contributed by atoms with E-state index < -0.39 is 0 Å². The molecule has 2 aromatic heterocycles. The van der Waals surface area contributed by atoms with Crippen LogP contribution in [0.15, 0.2) is 48.0 Å². The van der Waals surface area contributed by atoms with Gasteiger partial charge in [0.15, 0.2) is 5.16 Å². The summed E-state index contributed by atoms with van der Waals surface area (Å²) >= 11 is 1.41. The van der Waals surface area contributed by atoms with Crippen LogP contribution in [0, 0.1) is 6.92 Å². The van der Waals surface area contributed by atoms with Crippen LogP contribution >= 0.6 is 11.8 Å². The Balaban J connectivity index is 1.41. The van der Waals surface area contributed by atoms with Crippen molar-refractivity contribution in [3.05, 3.63) is 54.1 Å². The smallest absolute Gasteiger partial charge is 0.230 e. The molecule has 1 aromatic carbocycles. The van der Waals surface area contributed by atoms with Crippen LogP contribution in [-0.2, 0) is 11.2 Å². The van der Waals surface area contributed by atoms with Crippen molar-refractivity contribution in [2.24, 2.45) is 0 Å². The van der Waals surface area contributed by atoms with Gasteiger partial charge in [-0.15, -0.1) is 10.2 Å². The highest BCUT2D eigenvalue weighted by Crippen LogP contribution is 2.18. The molecule has 0 aliphatic heterocycles. The molecule has 0 radical (unpaired) electrons. The van der Waals surface area contributed by atoms with E-state index >= 15 is 0 Å². The number of carbonyl (C=O) groups excluding carboxylic acids is 1. The molecule has 0 aliphatic rings. The van der Waals surface area contributed by atoms with Crippen LogP contribution < -0.4 is 5.32 Å². The van der Waals surface area contributed by atoms with E-state index in [2.05, 4.69) is 40.7 Å². The van der Waals surface area contributed by atoms with Gasteiger partial charge in [0.1, 0.15) is 6.33 Å². The molecule has 0 atom stereocenters. The van der Waals surface area contributed by atoms with Gasteiger partial charge in [0.25, 0.3) is 0 Å². The van der Waals surface area contributed by atoms with Gasteiger partial charge in [-0.2, -0.15) is 5.10 Å². The minimum atomic E-state index is 0.0139. The number of thioether (sulfide) groups is 1. The number of hydrogen-bond donors (Lipinski definition) is 1. The third-order valence-corrected chi connectivity index (χ3v) is 5.35. The highest BCUT2D eigenvalue weighted by atomic mass is 32.2. The van der Waals surface area contributed by atoms with Gasteiger partial charge < -0.3 is 9.88 Å². The monoisotopic (exact) mass is 398 g/mol. The fourth-order valence-electron chi connectivity index (χ4n) is 2.83. The van der Waals surface area contributed by atoms with Gasteiger partial charge in [0.05, 0.1) is 17.1 Å². The van der Waals surface area contributed by atoms with Crippen molar-refractivity contribution >= 4 is 17.7 Å². The van der Waals surface area contributed by atoms with Crippen LogP contribution in [0.25, 0.3) is 5.69 Å². The number of para-hydroxylation sites is 1. The van der Waals surface area contributed by atoms with Crippen LogP contribution in [0.4, 0.5) is 0 Å². The van der Waals surface area contributed by atoms with Crippen molar-refractivity contribution in [1.82, 2.24) is 29.9 Å². The number of hydrogen-bond acceptors (Lipinski definition) is 5. The Kier molecular flexibility index (Phi) is 6.86. The maximum atomic E-state index is 12.1. The average Bonchev–Trinajstić information content (AvgIpc) is 3.31. The Morgan fingerprint density at radius 3 is 2.79 bits per heavy atom. The van der Waals surface area contributed by atoms with Crippen molar-refractivity contribution in [3.8, 4) is 5.69 Å². The van der Waals surface area contributed by atoms with Gasteiger partial charge in [-0.05, 0) is 51.3 Å².